The van der Waals surface area contributed by atoms with Gasteiger partial charge < -0.3 is 16.3 Å². The maximum absolute atomic E-state index is 13.3. The third-order valence-corrected chi connectivity index (χ3v) is 2.88. The molecule has 106 valence electrons. The number of nitrogens with zero attached hydrogens (tertiary/aromatic N) is 1. The minimum atomic E-state index is -1.24. The highest BCUT2D eigenvalue weighted by molar-refractivity contribution is 5.85. The fourth-order valence-corrected chi connectivity index (χ4v) is 1.43. The van der Waals surface area contributed by atoms with E-state index >= 15 is 0 Å². The fourth-order valence-electron chi connectivity index (χ4n) is 1.43. The van der Waals surface area contributed by atoms with Crippen molar-refractivity contribution in [1.29, 1.82) is 0 Å². The van der Waals surface area contributed by atoms with Gasteiger partial charge in [0.25, 0.3) is 0 Å². The molecule has 1 rings (SSSR count). The van der Waals surface area contributed by atoms with E-state index in [4.69, 9.17) is 10.9 Å². The van der Waals surface area contributed by atoms with Gasteiger partial charge in [0.15, 0.2) is 11.6 Å². The minimum Gasteiger partial charge on any atom is -0.409 e. The van der Waals surface area contributed by atoms with Gasteiger partial charge in [0.1, 0.15) is 11.7 Å². The van der Waals surface area contributed by atoms with E-state index in [0.29, 0.717) is 12.5 Å². The second-order valence-corrected chi connectivity index (χ2v) is 4.79. The Bertz CT molecular complexity index is 489. The van der Waals surface area contributed by atoms with E-state index in [-0.39, 0.29) is 18.1 Å². The lowest BCUT2D eigenvalue weighted by Crippen LogP contribution is -2.33. The molecule has 0 unspecified atom stereocenters. The molecular weight excluding hydrogens is 259 g/mol. The van der Waals surface area contributed by atoms with Gasteiger partial charge in [0.05, 0.1) is 5.69 Å². The first kappa shape index (κ1) is 15.1. The maximum atomic E-state index is 13.3. The Morgan fingerprint density at radius 2 is 1.84 bits per heavy atom. The monoisotopic (exact) mass is 275 g/mol. The van der Waals surface area contributed by atoms with E-state index in [2.05, 4.69) is 10.5 Å². The molecule has 0 saturated heterocycles. The third-order valence-electron chi connectivity index (χ3n) is 2.88. The van der Waals surface area contributed by atoms with Crippen molar-refractivity contribution in [3.63, 3.8) is 0 Å². The molecule has 7 heteroatoms. The van der Waals surface area contributed by atoms with E-state index in [1.807, 2.05) is 0 Å². The normalized spacial score (nSPS) is 12.6. The highest BCUT2D eigenvalue weighted by Gasteiger charge is 2.23. The van der Waals surface area contributed by atoms with E-state index < -0.39 is 22.9 Å². The van der Waals surface area contributed by atoms with Gasteiger partial charge in [-0.1, -0.05) is 19.0 Å². The Morgan fingerprint density at radius 3 is 2.42 bits per heavy atom. The summed E-state index contributed by atoms with van der Waals surface area (Å²) in [7, 11) is 0. The number of halogens is 3. The lowest BCUT2D eigenvalue weighted by Gasteiger charge is -2.23. The SMILES string of the molecule is CC(C)(CCNc1cc(F)c(F)cc1F)C(N)=NO. The summed E-state index contributed by atoms with van der Waals surface area (Å²) in [6, 6.07) is 1.23. The third kappa shape index (κ3) is 3.77. The highest BCUT2D eigenvalue weighted by atomic mass is 19.2. The van der Waals surface area contributed by atoms with Crippen LogP contribution in [0.4, 0.5) is 18.9 Å². The van der Waals surface area contributed by atoms with Gasteiger partial charge in [0.2, 0.25) is 0 Å². The summed E-state index contributed by atoms with van der Waals surface area (Å²) in [4.78, 5) is 0. The highest BCUT2D eigenvalue weighted by Crippen LogP contribution is 2.22. The van der Waals surface area contributed by atoms with Crippen LogP contribution in [0.1, 0.15) is 20.3 Å². The van der Waals surface area contributed by atoms with Crippen molar-refractivity contribution in [2.45, 2.75) is 20.3 Å². The molecule has 1 aromatic carbocycles. The Morgan fingerprint density at radius 1 is 1.26 bits per heavy atom. The molecule has 0 radical (unpaired) electrons. The predicted molar refractivity (Wildman–Crippen MR) is 66.6 cm³/mol. The van der Waals surface area contributed by atoms with E-state index in [1.54, 1.807) is 13.8 Å². The van der Waals surface area contributed by atoms with Gasteiger partial charge in [-0.05, 0) is 6.42 Å². The minimum absolute atomic E-state index is 0.0417. The molecule has 0 aliphatic carbocycles. The number of hydrogen-bond donors (Lipinski definition) is 3. The molecule has 4 nitrogen and oxygen atoms in total. The fraction of sp³-hybridized carbons (Fsp3) is 0.417. The lowest BCUT2D eigenvalue weighted by molar-refractivity contribution is 0.306. The molecule has 0 aliphatic heterocycles. The number of amidine groups is 1. The van der Waals surface area contributed by atoms with Crippen LogP contribution in [0, 0.1) is 22.9 Å². The van der Waals surface area contributed by atoms with Crippen LogP contribution < -0.4 is 11.1 Å². The first-order chi connectivity index (χ1) is 8.77. The zero-order chi connectivity index (χ0) is 14.6. The molecule has 1 aromatic rings. The van der Waals surface area contributed by atoms with Crippen LogP contribution in [0.3, 0.4) is 0 Å². The van der Waals surface area contributed by atoms with E-state index in [1.165, 1.54) is 0 Å². The molecule has 0 amide bonds. The van der Waals surface area contributed by atoms with Crippen molar-refractivity contribution in [1.82, 2.24) is 0 Å². The van der Waals surface area contributed by atoms with Gasteiger partial charge in [-0.25, -0.2) is 13.2 Å². The first-order valence-corrected chi connectivity index (χ1v) is 5.64. The number of nitrogens with one attached hydrogen (secondary N) is 1. The number of oxime groups is 1. The predicted octanol–water partition coefficient (Wildman–Crippen LogP) is 2.68. The number of rotatable bonds is 5. The molecule has 0 fully saturated rings. The number of nitrogens with two attached hydrogens (primary N) is 1. The molecule has 4 N–H and O–H groups in total. The average Bonchev–Trinajstić information content (AvgIpc) is 2.34. The topological polar surface area (TPSA) is 70.6 Å². The summed E-state index contributed by atoms with van der Waals surface area (Å²) in [6.45, 7) is 3.74. The average molecular weight is 275 g/mol. The van der Waals surface area contributed by atoms with Gasteiger partial charge >= 0.3 is 0 Å². The van der Waals surface area contributed by atoms with Crippen LogP contribution >= 0.6 is 0 Å². The van der Waals surface area contributed by atoms with E-state index in [0.717, 1.165) is 6.07 Å². The molecule has 0 heterocycles. The van der Waals surface area contributed by atoms with Crippen molar-refractivity contribution < 1.29 is 18.4 Å². The van der Waals surface area contributed by atoms with Crippen molar-refractivity contribution in [3.8, 4) is 0 Å². The van der Waals surface area contributed by atoms with Crippen molar-refractivity contribution in [2.24, 2.45) is 16.3 Å². The number of hydrogen-bond acceptors (Lipinski definition) is 3. The summed E-state index contributed by atoms with van der Waals surface area (Å²) in [6.07, 6.45) is 0.418. The first-order valence-electron chi connectivity index (χ1n) is 5.64. The Hall–Kier alpha value is -1.92. The molecule has 0 spiro atoms. The molecule has 0 saturated carbocycles. The molecule has 0 atom stereocenters. The van der Waals surface area contributed by atoms with Crippen LogP contribution in [-0.2, 0) is 0 Å². The number of benzene rings is 1. The Balaban J connectivity index is 2.66. The van der Waals surface area contributed by atoms with Crippen LogP contribution in [0.25, 0.3) is 0 Å². The lowest BCUT2D eigenvalue weighted by atomic mass is 9.88. The molecular formula is C12H16F3N3O. The summed E-state index contributed by atoms with van der Waals surface area (Å²) in [5, 5.41) is 14.1. The smallest absolute Gasteiger partial charge is 0.161 e. The molecule has 0 aliphatic rings. The second-order valence-electron chi connectivity index (χ2n) is 4.79. The van der Waals surface area contributed by atoms with Gasteiger partial charge in [0, 0.05) is 24.1 Å². The number of anilines is 1. The quantitative estimate of drug-likeness (QED) is 0.254. The summed E-state index contributed by atoms with van der Waals surface area (Å²) in [5.41, 5.74) is 4.76. The maximum Gasteiger partial charge on any atom is 0.161 e. The van der Waals surface area contributed by atoms with Crippen LogP contribution in [-0.4, -0.2) is 17.6 Å². The zero-order valence-electron chi connectivity index (χ0n) is 10.7. The van der Waals surface area contributed by atoms with Crippen LogP contribution in [0.15, 0.2) is 17.3 Å². The molecule has 19 heavy (non-hydrogen) atoms. The van der Waals surface area contributed by atoms with Crippen molar-refractivity contribution in [2.75, 3.05) is 11.9 Å². The standard InChI is InChI=1S/C12H16F3N3O/c1-12(2,11(16)18-19)3-4-17-10-6-8(14)7(13)5-9(10)15/h5-6,17,19H,3-4H2,1-2H3,(H2,16,18). The van der Waals surface area contributed by atoms with Crippen LogP contribution in [0.5, 0.6) is 0 Å². The van der Waals surface area contributed by atoms with Gasteiger partial charge in [-0.15, -0.1) is 0 Å². The summed E-state index contributed by atoms with van der Waals surface area (Å²) < 4.78 is 39.0. The Labute approximate surface area is 109 Å². The summed E-state index contributed by atoms with van der Waals surface area (Å²) in [5.74, 6) is -3.19. The van der Waals surface area contributed by atoms with E-state index in [9.17, 15) is 13.2 Å². The van der Waals surface area contributed by atoms with Crippen molar-refractivity contribution >= 4 is 11.5 Å². The second kappa shape index (κ2) is 5.81. The van der Waals surface area contributed by atoms with Gasteiger partial charge in [-0.3, -0.25) is 0 Å². The Kier molecular flexibility index (Phi) is 4.63. The summed E-state index contributed by atoms with van der Waals surface area (Å²) >= 11 is 0. The molecule has 0 bridgehead atoms. The largest absolute Gasteiger partial charge is 0.409 e. The van der Waals surface area contributed by atoms with Crippen molar-refractivity contribution in [3.05, 3.63) is 29.6 Å². The van der Waals surface area contributed by atoms with Gasteiger partial charge in [-0.2, -0.15) is 0 Å². The zero-order valence-corrected chi connectivity index (χ0v) is 10.7. The molecule has 0 aromatic heterocycles. The van der Waals surface area contributed by atoms with Crippen LogP contribution in [0.2, 0.25) is 0 Å².